The molecule has 4 N–H and O–H groups in total. The van der Waals surface area contributed by atoms with E-state index in [0.717, 1.165) is 24.8 Å². The zero-order valence-corrected chi connectivity index (χ0v) is 20.5. The second-order valence-corrected chi connectivity index (χ2v) is 9.66. The predicted octanol–water partition coefficient (Wildman–Crippen LogP) is 4.91. The third kappa shape index (κ3) is 5.61. The van der Waals surface area contributed by atoms with Gasteiger partial charge in [0, 0.05) is 36.0 Å². The molecule has 10 nitrogen and oxygen atoms in total. The van der Waals surface area contributed by atoms with Crippen molar-refractivity contribution in [1.82, 2.24) is 24.8 Å². The van der Waals surface area contributed by atoms with Gasteiger partial charge >= 0.3 is 12.1 Å². The van der Waals surface area contributed by atoms with Crippen LogP contribution in [0.1, 0.15) is 51.5 Å². The lowest BCUT2D eigenvalue weighted by atomic mass is 9.79. The van der Waals surface area contributed by atoms with E-state index in [1.165, 1.54) is 23.5 Å². The fourth-order valence-corrected chi connectivity index (χ4v) is 3.98. The molecule has 190 valence electrons. The zero-order chi connectivity index (χ0) is 25.9. The summed E-state index contributed by atoms with van der Waals surface area (Å²) in [5.74, 6) is 0.376. The average Bonchev–Trinajstić information content (AvgIpc) is 2.78. The summed E-state index contributed by atoms with van der Waals surface area (Å²) in [7, 11) is 0. The van der Waals surface area contributed by atoms with Crippen LogP contribution in [0.15, 0.2) is 36.8 Å². The standard InChI is InChI=1S/C25H30FN7O3/c1-25(2,3)33(24(34)35)12-11-28-20-9-10-29-23(32-20)36-22-16(15-5-4-6-15)7-8-17(21(22)26)18-13-31-19(27)14-30-18/h7-10,13-15H,4-6,11-12H2,1-3H3,(H2,27,31)(H,34,35)(H,28,29,32). The SMILES string of the molecule is CC(C)(C)N(CCNc1ccnc(Oc2c(C3CCC3)ccc(-c3cnc(N)cn3)c2F)n1)C(=O)O. The Hall–Kier alpha value is -4.02. The molecule has 1 saturated carbocycles. The van der Waals surface area contributed by atoms with Crippen molar-refractivity contribution < 1.29 is 19.0 Å². The number of carbonyl (C=O) groups is 1. The maximum Gasteiger partial charge on any atom is 0.407 e. The molecule has 4 rings (SSSR count). The van der Waals surface area contributed by atoms with Crippen LogP contribution in [0.2, 0.25) is 0 Å². The third-order valence-corrected chi connectivity index (χ3v) is 6.13. The molecule has 1 aliphatic carbocycles. The van der Waals surface area contributed by atoms with Gasteiger partial charge in [-0.15, -0.1) is 0 Å². The van der Waals surface area contributed by atoms with Gasteiger partial charge in [0.05, 0.1) is 18.1 Å². The summed E-state index contributed by atoms with van der Waals surface area (Å²) < 4.78 is 21.7. The van der Waals surface area contributed by atoms with Crippen LogP contribution in [0.4, 0.5) is 20.8 Å². The Morgan fingerprint density at radius 2 is 2.00 bits per heavy atom. The molecular formula is C25H30FN7O3. The van der Waals surface area contributed by atoms with Crippen molar-refractivity contribution in [3.8, 4) is 23.0 Å². The van der Waals surface area contributed by atoms with E-state index < -0.39 is 17.4 Å². The van der Waals surface area contributed by atoms with Gasteiger partial charge in [-0.05, 0) is 51.7 Å². The summed E-state index contributed by atoms with van der Waals surface area (Å²) in [6, 6.07) is 5.15. The predicted molar refractivity (Wildman–Crippen MR) is 134 cm³/mol. The molecule has 2 heterocycles. The minimum Gasteiger partial charge on any atom is -0.465 e. The van der Waals surface area contributed by atoms with Crippen LogP contribution in [-0.2, 0) is 0 Å². The second-order valence-electron chi connectivity index (χ2n) is 9.66. The summed E-state index contributed by atoms with van der Waals surface area (Å²) in [6.07, 6.45) is 6.27. The number of nitrogens with two attached hydrogens (primary N) is 1. The topological polar surface area (TPSA) is 139 Å². The lowest BCUT2D eigenvalue weighted by molar-refractivity contribution is 0.103. The molecule has 0 radical (unpaired) electrons. The van der Waals surface area contributed by atoms with Crippen LogP contribution >= 0.6 is 0 Å². The van der Waals surface area contributed by atoms with Crippen molar-refractivity contribution >= 4 is 17.7 Å². The number of amides is 1. The van der Waals surface area contributed by atoms with Gasteiger partial charge in [0.2, 0.25) is 0 Å². The number of halogens is 1. The number of rotatable bonds is 8. The molecule has 0 spiro atoms. The minimum atomic E-state index is -0.999. The number of hydrogen-bond acceptors (Lipinski definition) is 8. The minimum absolute atomic E-state index is 0.0223. The van der Waals surface area contributed by atoms with Crippen LogP contribution in [0.5, 0.6) is 11.8 Å². The first-order valence-electron chi connectivity index (χ1n) is 11.8. The van der Waals surface area contributed by atoms with E-state index in [1.807, 2.05) is 26.8 Å². The first kappa shape index (κ1) is 25.1. The summed E-state index contributed by atoms with van der Waals surface area (Å²) in [6.45, 7) is 6.07. The molecule has 0 aliphatic heterocycles. The average molecular weight is 496 g/mol. The highest BCUT2D eigenvalue weighted by atomic mass is 19.1. The lowest BCUT2D eigenvalue weighted by Crippen LogP contribution is -2.47. The van der Waals surface area contributed by atoms with Crippen molar-refractivity contribution in [2.45, 2.75) is 51.5 Å². The number of nitrogen functional groups attached to an aromatic ring is 1. The van der Waals surface area contributed by atoms with Crippen molar-refractivity contribution in [1.29, 1.82) is 0 Å². The zero-order valence-electron chi connectivity index (χ0n) is 20.5. The number of anilines is 2. The summed E-state index contributed by atoms with van der Waals surface area (Å²) in [4.78, 5) is 29.6. The fourth-order valence-electron chi connectivity index (χ4n) is 3.98. The van der Waals surface area contributed by atoms with E-state index in [-0.39, 0.29) is 35.6 Å². The number of carboxylic acid groups (broad SMARTS) is 1. The molecule has 36 heavy (non-hydrogen) atoms. The number of nitrogens with zero attached hydrogens (tertiary/aromatic N) is 5. The van der Waals surface area contributed by atoms with E-state index in [1.54, 1.807) is 12.1 Å². The van der Waals surface area contributed by atoms with E-state index in [0.29, 0.717) is 18.1 Å². The Kier molecular flexibility index (Phi) is 7.18. The number of nitrogens with one attached hydrogen (secondary N) is 1. The van der Waals surface area contributed by atoms with E-state index in [2.05, 4.69) is 25.3 Å². The maximum atomic E-state index is 15.7. The Labute approximate surface area is 208 Å². The van der Waals surface area contributed by atoms with Crippen LogP contribution in [0.3, 0.4) is 0 Å². The third-order valence-electron chi connectivity index (χ3n) is 6.13. The van der Waals surface area contributed by atoms with Crippen molar-refractivity contribution in [3.63, 3.8) is 0 Å². The quantitative estimate of drug-likeness (QED) is 0.398. The molecule has 2 aromatic heterocycles. The highest BCUT2D eigenvalue weighted by Gasteiger charge is 2.28. The van der Waals surface area contributed by atoms with E-state index >= 15 is 4.39 Å². The molecule has 0 unspecified atom stereocenters. The summed E-state index contributed by atoms with van der Waals surface area (Å²) >= 11 is 0. The second kappa shape index (κ2) is 10.3. The number of ether oxygens (including phenoxy) is 1. The Morgan fingerprint density at radius 3 is 2.61 bits per heavy atom. The van der Waals surface area contributed by atoms with Gasteiger partial charge < -0.3 is 25.8 Å². The van der Waals surface area contributed by atoms with Gasteiger partial charge in [0.1, 0.15) is 11.6 Å². The number of benzene rings is 1. The Morgan fingerprint density at radius 1 is 1.22 bits per heavy atom. The Bertz CT molecular complexity index is 1230. The molecule has 1 amide bonds. The molecule has 0 saturated heterocycles. The molecule has 1 fully saturated rings. The van der Waals surface area contributed by atoms with Crippen LogP contribution in [0, 0.1) is 5.82 Å². The van der Waals surface area contributed by atoms with E-state index in [4.69, 9.17) is 10.5 Å². The van der Waals surface area contributed by atoms with Gasteiger partial charge in [0.25, 0.3) is 0 Å². The molecular weight excluding hydrogens is 465 g/mol. The first-order valence-corrected chi connectivity index (χ1v) is 11.8. The van der Waals surface area contributed by atoms with Gasteiger partial charge in [-0.2, -0.15) is 4.98 Å². The van der Waals surface area contributed by atoms with Gasteiger partial charge in [-0.1, -0.05) is 12.5 Å². The molecule has 1 aliphatic rings. The Balaban J connectivity index is 1.56. The molecule has 0 atom stereocenters. The highest BCUT2D eigenvalue weighted by molar-refractivity contribution is 5.66. The van der Waals surface area contributed by atoms with Crippen molar-refractivity contribution in [2.75, 3.05) is 24.1 Å². The highest BCUT2D eigenvalue weighted by Crippen LogP contribution is 2.44. The van der Waals surface area contributed by atoms with Gasteiger partial charge in [0.15, 0.2) is 11.6 Å². The maximum absolute atomic E-state index is 15.7. The lowest BCUT2D eigenvalue weighted by Gasteiger charge is -2.33. The smallest absolute Gasteiger partial charge is 0.407 e. The molecule has 1 aromatic carbocycles. The van der Waals surface area contributed by atoms with E-state index in [9.17, 15) is 9.90 Å². The van der Waals surface area contributed by atoms with Crippen LogP contribution in [0.25, 0.3) is 11.3 Å². The van der Waals surface area contributed by atoms with Crippen LogP contribution < -0.4 is 15.8 Å². The normalized spacial score (nSPS) is 13.7. The molecule has 11 heteroatoms. The van der Waals surface area contributed by atoms with Gasteiger partial charge in [-0.25, -0.2) is 19.2 Å². The number of aromatic nitrogens is 4. The molecule has 0 bridgehead atoms. The fraction of sp³-hybridized carbons (Fsp3) is 0.400. The van der Waals surface area contributed by atoms with Crippen molar-refractivity contribution in [3.05, 3.63) is 48.2 Å². The largest absolute Gasteiger partial charge is 0.465 e. The summed E-state index contributed by atoms with van der Waals surface area (Å²) in [5.41, 5.74) is 6.42. The molecule has 3 aromatic rings. The van der Waals surface area contributed by atoms with Crippen molar-refractivity contribution in [2.24, 2.45) is 0 Å². The number of hydrogen-bond donors (Lipinski definition) is 3. The summed E-state index contributed by atoms with van der Waals surface area (Å²) in [5, 5.41) is 12.5. The van der Waals surface area contributed by atoms with Gasteiger partial charge in [-0.3, -0.25) is 4.98 Å². The van der Waals surface area contributed by atoms with Crippen LogP contribution in [-0.4, -0.2) is 54.7 Å². The first-order chi connectivity index (χ1) is 17.1. The monoisotopic (exact) mass is 495 g/mol.